The Labute approximate surface area is 120 Å². The first kappa shape index (κ1) is 14.3. The van der Waals surface area contributed by atoms with Gasteiger partial charge in [-0.2, -0.15) is 0 Å². The molecular formula is C17H23NS. The van der Waals surface area contributed by atoms with Gasteiger partial charge in [-0.1, -0.05) is 38.1 Å². The summed E-state index contributed by atoms with van der Waals surface area (Å²) >= 11 is 1.94. The van der Waals surface area contributed by atoms with Crippen molar-refractivity contribution < 1.29 is 0 Å². The lowest BCUT2D eigenvalue weighted by atomic mass is 10.0. The first-order valence-corrected chi connectivity index (χ1v) is 7.92. The third-order valence-electron chi connectivity index (χ3n) is 3.61. The Bertz CT molecular complexity index is 498. The van der Waals surface area contributed by atoms with Crippen LogP contribution in [0, 0.1) is 0 Å². The summed E-state index contributed by atoms with van der Waals surface area (Å²) in [6.45, 7) is 4.41. The van der Waals surface area contributed by atoms with Crippen LogP contribution in [0.1, 0.15) is 40.8 Å². The van der Waals surface area contributed by atoms with Gasteiger partial charge in [0.1, 0.15) is 0 Å². The van der Waals surface area contributed by atoms with Crippen LogP contribution in [0.5, 0.6) is 0 Å². The zero-order valence-corrected chi connectivity index (χ0v) is 12.9. The van der Waals surface area contributed by atoms with Gasteiger partial charge in [0.05, 0.1) is 0 Å². The molecule has 1 N–H and O–H groups in total. The topological polar surface area (TPSA) is 12.0 Å². The van der Waals surface area contributed by atoms with Crippen LogP contribution in [0.25, 0.3) is 0 Å². The van der Waals surface area contributed by atoms with Crippen LogP contribution >= 0.6 is 11.3 Å². The number of aryl methyl sites for hydroxylation is 2. The van der Waals surface area contributed by atoms with Crippen molar-refractivity contribution in [3.8, 4) is 0 Å². The normalized spacial score (nSPS) is 12.6. The summed E-state index contributed by atoms with van der Waals surface area (Å²) in [5.41, 5.74) is 2.79. The number of rotatable bonds is 6. The molecule has 1 atom stereocenters. The van der Waals surface area contributed by atoms with E-state index in [2.05, 4.69) is 55.6 Å². The molecule has 1 nitrogen and oxygen atoms in total. The average molecular weight is 273 g/mol. The van der Waals surface area contributed by atoms with E-state index in [9.17, 15) is 0 Å². The van der Waals surface area contributed by atoms with Gasteiger partial charge in [0.25, 0.3) is 0 Å². The van der Waals surface area contributed by atoms with Crippen molar-refractivity contribution in [3.05, 3.63) is 57.3 Å². The first-order valence-electron chi connectivity index (χ1n) is 7.10. The molecule has 1 unspecified atom stereocenters. The van der Waals surface area contributed by atoms with E-state index in [-0.39, 0.29) is 0 Å². The molecule has 19 heavy (non-hydrogen) atoms. The van der Waals surface area contributed by atoms with Crippen molar-refractivity contribution in [1.29, 1.82) is 0 Å². The SMILES string of the molecule is CCc1ccc(C(Cc2ccc(CC)s2)NC)cc1. The molecule has 1 aromatic heterocycles. The summed E-state index contributed by atoms with van der Waals surface area (Å²) in [5, 5.41) is 3.44. The van der Waals surface area contributed by atoms with E-state index in [4.69, 9.17) is 0 Å². The molecule has 0 aliphatic rings. The lowest BCUT2D eigenvalue weighted by molar-refractivity contribution is 0.596. The molecular weight excluding hydrogens is 250 g/mol. The Morgan fingerprint density at radius 2 is 1.63 bits per heavy atom. The minimum atomic E-state index is 0.411. The summed E-state index contributed by atoms with van der Waals surface area (Å²) in [6.07, 6.45) is 3.32. The number of likely N-dealkylation sites (N-methyl/N-ethyl adjacent to an activating group) is 1. The highest BCUT2D eigenvalue weighted by molar-refractivity contribution is 7.11. The van der Waals surface area contributed by atoms with Crippen molar-refractivity contribution in [3.63, 3.8) is 0 Å². The van der Waals surface area contributed by atoms with E-state index >= 15 is 0 Å². The van der Waals surface area contributed by atoms with Crippen molar-refractivity contribution in [1.82, 2.24) is 5.32 Å². The number of nitrogens with one attached hydrogen (secondary N) is 1. The van der Waals surface area contributed by atoms with Crippen LogP contribution in [0.15, 0.2) is 36.4 Å². The molecule has 0 saturated carbocycles. The smallest absolute Gasteiger partial charge is 0.0366 e. The van der Waals surface area contributed by atoms with Gasteiger partial charge in [-0.3, -0.25) is 0 Å². The Morgan fingerprint density at radius 1 is 0.947 bits per heavy atom. The van der Waals surface area contributed by atoms with E-state index in [0.717, 1.165) is 19.3 Å². The van der Waals surface area contributed by atoms with E-state index in [1.807, 2.05) is 18.4 Å². The zero-order valence-electron chi connectivity index (χ0n) is 12.1. The van der Waals surface area contributed by atoms with Crippen LogP contribution in [0.3, 0.4) is 0 Å². The third-order valence-corrected chi connectivity index (χ3v) is 4.86. The van der Waals surface area contributed by atoms with Crippen LogP contribution in [0.4, 0.5) is 0 Å². The largest absolute Gasteiger partial charge is 0.313 e. The van der Waals surface area contributed by atoms with Crippen molar-refractivity contribution >= 4 is 11.3 Å². The van der Waals surface area contributed by atoms with Gasteiger partial charge in [0.15, 0.2) is 0 Å². The Hall–Kier alpha value is -1.12. The van der Waals surface area contributed by atoms with Crippen LogP contribution in [-0.2, 0) is 19.3 Å². The molecule has 1 aromatic carbocycles. The summed E-state index contributed by atoms with van der Waals surface area (Å²) in [6, 6.07) is 13.9. The predicted molar refractivity (Wildman–Crippen MR) is 85.0 cm³/mol. The summed E-state index contributed by atoms with van der Waals surface area (Å²) in [5.74, 6) is 0. The maximum absolute atomic E-state index is 3.44. The quantitative estimate of drug-likeness (QED) is 0.824. The fourth-order valence-corrected chi connectivity index (χ4v) is 3.30. The lowest BCUT2D eigenvalue weighted by Crippen LogP contribution is -2.18. The molecule has 0 aliphatic heterocycles. The van der Waals surface area contributed by atoms with E-state index in [0.29, 0.717) is 6.04 Å². The van der Waals surface area contributed by atoms with Gasteiger partial charge < -0.3 is 5.32 Å². The highest BCUT2D eigenvalue weighted by atomic mass is 32.1. The molecule has 0 aliphatic carbocycles. The van der Waals surface area contributed by atoms with Gasteiger partial charge in [-0.25, -0.2) is 0 Å². The van der Waals surface area contributed by atoms with Crippen LogP contribution in [-0.4, -0.2) is 7.05 Å². The monoisotopic (exact) mass is 273 g/mol. The standard InChI is InChI=1S/C17H23NS/c1-4-13-6-8-14(9-7-13)17(18-3)12-16-11-10-15(5-2)19-16/h6-11,17-18H,4-5,12H2,1-3H3. The van der Waals surface area contributed by atoms with E-state index < -0.39 is 0 Å². The summed E-state index contributed by atoms with van der Waals surface area (Å²) < 4.78 is 0. The third kappa shape index (κ3) is 3.68. The highest BCUT2D eigenvalue weighted by Crippen LogP contribution is 2.24. The molecule has 0 radical (unpaired) electrons. The second kappa shape index (κ2) is 6.88. The molecule has 0 fully saturated rings. The minimum absolute atomic E-state index is 0.411. The molecule has 2 heteroatoms. The van der Waals surface area contributed by atoms with Gasteiger partial charge in [0.2, 0.25) is 0 Å². The van der Waals surface area contributed by atoms with Gasteiger partial charge >= 0.3 is 0 Å². The lowest BCUT2D eigenvalue weighted by Gasteiger charge is -2.16. The highest BCUT2D eigenvalue weighted by Gasteiger charge is 2.11. The Morgan fingerprint density at radius 3 is 2.16 bits per heavy atom. The molecule has 0 spiro atoms. The van der Waals surface area contributed by atoms with Crippen molar-refractivity contribution in [2.45, 2.75) is 39.2 Å². The predicted octanol–water partition coefficient (Wildman–Crippen LogP) is 4.38. The van der Waals surface area contributed by atoms with Crippen molar-refractivity contribution in [2.75, 3.05) is 7.05 Å². The average Bonchev–Trinajstić information content (AvgIpc) is 2.92. The van der Waals surface area contributed by atoms with E-state index in [1.54, 1.807) is 0 Å². The molecule has 0 amide bonds. The molecule has 102 valence electrons. The van der Waals surface area contributed by atoms with Gasteiger partial charge in [-0.05, 0) is 43.1 Å². The Balaban J connectivity index is 2.10. The zero-order chi connectivity index (χ0) is 13.7. The molecule has 0 saturated heterocycles. The number of hydrogen-bond acceptors (Lipinski definition) is 2. The second-order valence-electron chi connectivity index (χ2n) is 4.86. The molecule has 2 aromatic rings. The number of thiophene rings is 1. The number of benzene rings is 1. The fourth-order valence-electron chi connectivity index (χ4n) is 2.30. The Kier molecular flexibility index (Phi) is 5.17. The molecule has 1 heterocycles. The first-order chi connectivity index (χ1) is 9.26. The van der Waals surface area contributed by atoms with Crippen molar-refractivity contribution in [2.24, 2.45) is 0 Å². The maximum atomic E-state index is 3.44. The van der Waals surface area contributed by atoms with E-state index in [1.165, 1.54) is 20.9 Å². The molecule has 0 bridgehead atoms. The molecule has 2 rings (SSSR count). The summed E-state index contributed by atoms with van der Waals surface area (Å²) in [7, 11) is 2.05. The fraction of sp³-hybridized carbons (Fsp3) is 0.412. The second-order valence-corrected chi connectivity index (χ2v) is 6.11. The van der Waals surface area contributed by atoms with Gasteiger partial charge in [-0.15, -0.1) is 11.3 Å². The van der Waals surface area contributed by atoms with Crippen LogP contribution < -0.4 is 5.32 Å². The van der Waals surface area contributed by atoms with Crippen LogP contribution in [0.2, 0.25) is 0 Å². The summed E-state index contributed by atoms with van der Waals surface area (Å²) in [4.78, 5) is 2.95. The maximum Gasteiger partial charge on any atom is 0.0366 e. The minimum Gasteiger partial charge on any atom is -0.313 e. The number of hydrogen-bond donors (Lipinski definition) is 1. The van der Waals surface area contributed by atoms with Gasteiger partial charge in [0, 0.05) is 22.2 Å².